The molecule has 1 aliphatic rings. The molecular formula is C12H18FN3O2Y. The molecule has 0 aromatic carbocycles. The maximum absolute atomic E-state index is 13.5. The summed E-state index contributed by atoms with van der Waals surface area (Å²) in [4.78, 5) is 26.5. The maximum atomic E-state index is 13.5. The summed E-state index contributed by atoms with van der Waals surface area (Å²) < 4.78 is 13.5. The van der Waals surface area contributed by atoms with E-state index in [1.54, 1.807) is 0 Å². The molecule has 1 radical (unpaired) electrons. The van der Waals surface area contributed by atoms with Gasteiger partial charge in [-0.1, -0.05) is 6.92 Å². The molecule has 5 nitrogen and oxygen atoms in total. The quantitative estimate of drug-likeness (QED) is 0.815. The van der Waals surface area contributed by atoms with E-state index in [2.05, 4.69) is 15.6 Å². The fourth-order valence-corrected chi connectivity index (χ4v) is 1.84. The zero-order valence-electron chi connectivity index (χ0n) is 10.6. The molecule has 1 aromatic heterocycles. The van der Waals surface area contributed by atoms with Gasteiger partial charge in [-0.05, 0) is 12.8 Å². The Morgan fingerprint density at radius 2 is 2.32 bits per heavy atom. The second-order valence-electron chi connectivity index (χ2n) is 4.15. The summed E-state index contributed by atoms with van der Waals surface area (Å²) in [5.74, 6) is -1.05. The van der Waals surface area contributed by atoms with Crippen molar-refractivity contribution in [3.05, 3.63) is 23.8 Å². The van der Waals surface area contributed by atoms with Crippen LogP contribution in [0.1, 0.15) is 28.3 Å². The minimum absolute atomic E-state index is 0. The molecule has 0 aliphatic carbocycles. The zero-order valence-corrected chi connectivity index (χ0v) is 13.4. The van der Waals surface area contributed by atoms with Crippen molar-refractivity contribution >= 4 is 17.5 Å². The number of imide groups is 1. The van der Waals surface area contributed by atoms with Gasteiger partial charge in [0.2, 0.25) is 11.8 Å². The van der Waals surface area contributed by atoms with Gasteiger partial charge in [-0.2, -0.15) is 0 Å². The van der Waals surface area contributed by atoms with Crippen molar-refractivity contribution in [3.63, 3.8) is 0 Å². The molecule has 19 heavy (non-hydrogen) atoms. The Kier molecular flexibility index (Phi) is 6.01. The largest absolute Gasteiger partial charge is 0.372 e. The SMILES string of the molecule is CCc1ncc(NC2CCC(=O)NC2=O)cc1F.[HH].[HH].[Y]. The Bertz CT molecular complexity index is 505. The third-order valence-electron chi connectivity index (χ3n) is 2.83. The Morgan fingerprint density at radius 3 is 2.89 bits per heavy atom. The zero-order chi connectivity index (χ0) is 13.1. The van der Waals surface area contributed by atoms with Crippen LogP contribution >= 0.6 is 0 Å². The van der Waals surface area contributed by atoms with Crippen molar-refractivity contribution in [1.29, 1.82) is 0 Å². The number of anilines is 1. The van der Waals surface area contributed by atoms with E-state index in [9.17, 15) is 14.0 Å². The number of aromatic nitrogens is 1. The molecule has 2 amide bonds. The van der Waals surface area contributed by atoms with Crippen LogP contribution in [0.4, 0.5) is 10.1 Å². The molecule has 103 valence electrons. The van der Waals surface area contributed by atoms with Crippen molar-refractivity contribution in [1.82, 2.24) is 10.3 Å². The molecule has 1 unspecified atom stereocenters. The van der Waals surface area contributed by atoms with Gasteiger partial charge in [-0.15, -0.1) is 0 Å². The van der Waals surface area contributed by atoms with Gasteiger partial charge in [0.05, 0.1) is 17.6 Å². The molecule has 7 heteroatoms. The average molecular weight is 344 g/mol. The summed E-state index contributed by atoms with van der Waals surface area (Å²) in [6.45, 7) is 1.82. The number of aryl methyl sites for hydroxylation is 1. The van der Waals surface area contributed by atoms with Crippen molar-refractivity contribution in [2.24, 2.45) is 0 Å². The van der Waals surface area contributed by atoms with Crippen LogP contribution in [0.2, 0.25) is 0 Å². The molecule has 0 bridgehead atoms. The monoisotopic (exact) mass is 344 g/mol. The van der Waals surface area contributed by atoms with Crippen LogP contribution in [0.3, 0.4) is 0 Å². The van der Waals surface area contributed by atoms with Gasteiger partial charge < -0.3 is 5.32 Å². The topological polar surface area (TPSA) is 71.1 Å². The van der Waals surface area contributed by atoms with E-state index < -0.39 is 11.9 Å². The van der Waals surface area contributed by atoms with Crippen LogP contribution in [0.25, 0.3) is 0 Å². The first-order valence-electron chi connectivity index (χ1n) is 5.84. The minimum atomic E-state index is -0.517. The van der Waals surface area contributed by atoms with Crippen LogP contribution in [0, 0.1) is 5.82 Å². The van der Waals surface area contributed by atoms with Crippen LogP contribution in [-0.4, -0.2) is 22.8 Å². The molecular weight excluding hydrogens is 326 g/mol. The van der Waals surface area contributed by atoms with Crippen molar-refractivity contribution in [2.75, 3.05) is 5.32 Å². The summed E-state index contributed by atoms with van der Waals surface area (Å²) in [7, 11) is 0. The van der Waals surface area contributed by atoms with Crippen LogP contribution in [-0.2, 0) is 48.7 Å². The molecule has 2 N–H and O–H groups in total. The van der Waals surface area contributed by atoms with E-state index in [4.69, 9.17) is 0 Å². The predicted molar refractivity (Wildman–Crippen MR) is 67.6 cm³/mol. The van der Waals surface area contributed by atoms with Gasteiger partial charge in [0.15, 0.2) is 0 Å². The van der Waals surface area contributed by atoms with Crippen LogP contribution in [0.5, 0.6) is 0 Å². The number of piperidine rings is 1. The first-order valence-corrected chi connectivity index (χ1v) is 5.84. The van der Waals surface area contributed by atoms with Crippen LogP contribution < -0.4 is 10.6 Å². The van der Waals surface area contributed by atoms with Gasteiger partial charge in [0.25, 0.3) is 0 Å². The van der Waals surface area contributed by atoms with Crippen molar-refractivity contribution < 1.29 is 49.5 Å². The number of nitrogens with zero attached hydrogens (tertiary/aromatic N) is 1. The fraction of sp³-hybridized carbons (Fsp3) is 0.417. The molecule has 1 saturated heterocycles. The summed E-state index contributed by atoms with van der Waals surface area (Å²) in [6.07, 6.45) is 2.70. The number of pyridine rings is 1. The fourth-order valence-electron chi connectivity index (χ4n) is 1.84. The van der Waals surface area contributed by atoms with E-state index in [0.29, 0.717) is 24.2 Å². The van der Waals surface area contributed by atoms with Gasteiger partial charge in [-0.25, -0.2) is 4.39 Å². The predicted octanol–water partition coefficient (Wildman–Crippen LogP) is 1.49. The van der Waals surface area contributed by atoms with Gasteiger partial charge in [0.1, 0.15) is 11.9 Å². The number of hydrogen-bond donors (Lipinski definition) is 2. The van der Waals surface area contributed by atoms with Crippen LogP contribution in [0.15, 0.2) is 12.3 Å². The second-order valence-corrected chi connectivity index (χ2v) is 4.15. The summed E-state index contributed by atoms with van der Waals surface area (Å²) in [6, 6.07) is 0.798. The van der Waals surface area contributed by atoms with E-state index >= 15 is 0 Å². The van der Waals surface area contributed by atoms with Crippen molar-refractivity contribution in [2.45, 2.75) is 32.2 Å². The number of carbonyl (C=O) groups is 2. The molecule has 0 spiro atoms. The average Bonchev–Trinajstić information content (AvgIpc) is 2.33. The standard InChI is InChI=1S/C12H14FN3O2.Y.2H2/c1-2-9-8(13)5-7(6-14-9)15-10-3-4-11(17)16-12(10)18;;;/h5-6,10,15H,2-4H2,1H3,(H,16,17,18);;2*1H. The number of nitrogens with one attached hydrogen (secondary N) is 2. The Hall–Kier alpha value is -0.876. The third-order valence-corrected chi connectivity index (χ3v) is 2.83. The molecule has 1 aromatic rings. The van der Waals surface area contributed by atoms with E-state index in [1.807, 2.05) is 6.92 Å². The number of rotatable bonds is 3. The van der Waals surface area contributed by atoms with E-state index in [1.165, 1.54) is 12.3 Å². The van der Waals surface area contributed by atoms with E-state index in [-0.39, 0.29) is 53.8 Å². The Morgan fingerprint density at radius 1 is 1.58 bits per heavy atom. The minimum Gasteiger partial charge on any atom is -0.372 e. The van der Waals surface area contributed by atoms with Gasteiger partial charge in [-0.3, -0.25) is 19.9 Å². The Labute approximate surface area is 138 Å². The third kappa shape index (κ3) is 4.04. The normalized spacial score (nSPS) is 18.5. The summed E-state index contributed by atoms with van der Waals surface area (Å²) in [5, 5.41) is 5.11. The maximum Gasteiger partial charge on any atom is 0.249 e. The molecule has 2 heterocycles. The first kappa shape index (κ1) is 16.2. The summed E-state index contributed by atoms with van der Waals surface area (Å²) >= 11 is 0. The van der Waals surface area contributed by atoms with Crippen molar-refractivity contribution in [3.8, 4) is 0 Å². The summed E-state index contributed by atoms with van der Waals surface area (Å²) in [5.41, 5.74) is 0.836. The molecule has 2 rings (SSSR count). The van der Waals surface area contributed by atoms with Gasteiger partial charge in [0, 0.05) is 48.0 Å². The number of halogens is 1. The molecule has 1 fully saturated rings. The first-order chi connectivity index (χ1) is 8.60. The smallest absolute Gasteiger partial charge is 0.249 e. The number of hydrogen-bond acceptors (Lipinski definition) is 4. The Balaban J connectivity index is 0. The molecule has 0 saturated carbocycles. The second kappa shape index (κ2) is 7.05. The number of carbonyl (C=O) groups excluding carboxylic acids is 2. The molecule has 1 aliphatic heterocycles. The number of amides is 2. The molecule has 1 atom stereocenters. The van der Waals surface area contributed by atoms with E-state index in [0.717, 1.165) is 0 Å². The van der Waals surface area contributed by atoms with Gasteiger partial charge >= 0.3 is 0 Å².